The zero-order valence-corrected chi connectivity index (χ0v) is 12.4. The van der Waals surface area contributed by atoms with E-state index in [1.165, 1.54) is 18.4 Å². The summed E-state index contributed by atoms with van der Waals surface area (Å²) < 4.78 is 0.855. The van der Waals surface area contributed by atoms with Crippen molar-refractivity contribution in [3.8, 4) is 0 Å². The van der Waals surface area contributed by atoms with E-state index in [0.717, 1.165) is 17.3 Å². The van der Waals surface area contributed by atoms with Crippen molar-refractivity contribution in [1.82, 2.24) is 5.32 Å². The molecule has 2 nitrogen and oxygen atoms in total. The maximum atomic E-state index is 12.0. The molecule has 4 heteroatoms. The van der Waals surface area contributed by atoms with Crippen LogP contribution in [0.15, 0.2) is 34.3 Å². The molecule has 0 radical (unpaired) electrons. The second-order valence-electron chi connectivity index (χ2n) is 4.42. The van der Waals surface area contributed by atoms with Gasteiger partial charge in [0.15, 0.2) is 0 Å². The predicted octanol–water partition coefficient (Wildman–Crippen LogP) is 4.33. The fourth-order valence-electron chi connectivity index (χ4n) is 2.03. The van der Waals surface area contributed by atoms with Crippen molar-refractivity contribution in [3.05, 3.63) is 44.9 Å². The Morgan fingerprint density at radius 3 is 2.94 bits per heavy atom. The molecule has 0 spiro atoms. The van der Waals surface area contributed by atoms with Gasteiger partial charge in [-0.25, -0.2) is 0 Å². The second kappa shape index (κ2) is 6.39. The van der Waals surface area contributed by atoms with Crippen molar-refractivity contribution in [1.29, 1.82) is 0 Å². The van der Waals surface area contributed by atoms with E-state index in [1.807, 2.05) is 6.07 Å². The summed E-state index contributed by atoms with van der Waals surface area (Å²) in [4.78, 5) is 12.0. The third kappa shape index (κ3) is 3.59. The monoisotopic (exact) mass is 327 g/mol. The number of allylic oxidation sites excluding steroid dienone is 1. The molecule has 0 heterocycles. The highest BCUT2D eigenvalue weighted by Gasteiger charge is 2.11. The van der Waals surface area contributed by atoms with Crippen LogP contribution in [0.25, 0.3) is 0 Å². The van der Waals surface area contributed by atoms with Crippen molar-refractivity contribution >= 4 is 33.4 Å². The van der Waals surface area contributed by atoms with Crippen LogP contribution in [0.5, 0.6) is 0 Å². The zero-order chi connectivity index (χ0) is 13.0. The fourth-order valence-corrected chi connectivity index (χ4v) is 2.59. The summed E-state index contributed by atoms with van der Waals surface area (Å²) in [7, 11) is 0. The lowest BCUT2D eigenvalue weighted by atomic mass is 9.99. The van der Waals surface area contributed by atoms with E-state index in [9.17, 15) is 4.79 Å². The molecule has 0 aromatic heterocycles. The molecule has 18 heavy (non-hydrogen) atoms. The summed E-state index contributed by atoms with van der Waals surface area (Å²) in [5.74, 6) is -0.118. The first-order valence-corrected chi connectivity index (χ1v) is 7.25. The molecule has 96 valence electrons. The number of rotatable bonds is 3. The molecule has 1 aromatic carbocycles. The highest BCUT2D eigenvalue weighted by Crippen LogP contribution is 2.21. The maximum absolute atomic E-state index is 12.0. The number of carbonyl (C=O) groups excluding carboxylic acids is 1. The minimum absolute atomic E-state index is 0.118. The third-order valence-corrected chi connectivity index (χ3v) is 3.86. The number of amides is 1. The lowest BCUT2D eigenvalue weighted by molar-refractivity contribution is 0.0956. The molecule has 1 amide bonds. The molecule has 0 aliphatic heterocycles. The van der Waals surface area contributed by atoms with E-state index in [4.69, 9.17) is 11.6 Å². The van der Waals surface area contributed by atoms with Gasteiger partial charge in [-0.2, -0.15) is 0 Å². The van der Waals surface area contributed by atoms with Gasteiger partial charge in [0, 0.05) is 11.0 Å². The average Bonchev–Trinajstić information content (AvgIpc) is 2.40. The number of hydrogen-bond acceptors (Lipinski definition) is 1. The summed E-state index contributed by atoms with van der Waals surface area (Å²) in [6, 6.07) is 5.29. The Hall–Kier alpha value is -0.800. The van der Waals surface area contributed by atoms with E-state index in [1.54, 1.807) is 12.1 Å². The summed E-state index contributed by atoms with van der Waals surface area (Å²) in [6.07, 6.45) is 6.93. The van der Waals surface area contributed by atoms with Gasteiger partial charge in [0.25, 0.3) is 5.91 Å². The van der Waals surface area contributed by atoms with Crippen LogP contribution in [0.1, 0.15) is 36.0 Å². The Labute approximate surface area is 121 Å². The molecule has 2 rings (SSSR count). The Bertz CT molecular complexity index is 485. The normalized spacial score (nSPS) is 15.1. The van der Waals surface area contributed by atoms with Crippen molar-refractivity contribution in [2.45, 2.75) is 25.7 Å². The first-order valence-electron chi connectivity index (χ1n) is 6.08. The molecule has 0 saturated heterocycles. The molecule has 0 unspecified atom stereocenters. The molecule has 0 atom stereocenters. The Kier molecular flexibility index (Phi) is 4.84. The van der Waals surface area contributed by atoms with Gasteiger partial charge >= 0.3 is 0 Å². The molecule has 0 fully saturated rings. The van der Waals surface area contributed by atoms with Gasteiger partial charge in [-0.05, 0) is 43.9 Å². The smallest absolute Gasteiger partial charge is 0.253 e. The van der Waals surface area contributed by atoms with Crippen molar-refractivity contribution in [2.75, 3.05) is 6.54 Å². The van der Waals surface area contributed by atoms with E-state index < -0.39 is 0 Å². The lowest BCUT2D eigenvalue weighted by Gasteiger charge is -2.13. The first kappa shape index (κ1) is 13.6. The number of benzene rings is 1. The molecular formula is C14H15BrClNO. The molecule has 0 bridgehead atoms. The number of carbonyl (C=O) groups is 1. The minimum Gasteiger partial charge on any atom is -0.348 e. The second-order valence-corrected chi connectivity index (χ2v) is 5.74. The molecule has 1 aliphatic carbocycles. The first-order chi connectivity index (χ1) is 8.66. The highest BCUT2D eigenvalue weighted by molar-refractivity contribution is 9.10. The molecule has 0 saturated carbocycles. The highest BCUT2D eigenvalue weighted by atomic mass is 79.9. The number of hydrogen-bond donors (Lipinski definition) is 1. The quantitative estimate of drug-likeness (QED) is 0.822. The van der Waals surface area contributed by atoms with Crippen molar-refractivity contribution in [3.63, 3.8) is 0 Å². The maximum Gasteiger partial charge on any atom is 0.253 e. The van der Waals surface area contributed by atoms with Gasteiger partial charge in [-0.15, -0.1) is 0 Å². The van der Waals surface area contributed by atoms with Crippen LogP contribution in [0.2, 0.25) is 5.02 Å². The van der Waals surface area contributed by atoms with Crippen LogP contribution in [-0.2, 0) is 0 Å². The van der Waals surface area contributed by atoms with Crippen LogP contribution in [0, 0.1) is 0 Å². The summed E-state index contributed by atoms with van der Waals surface area (Å²) in [5, 5.41) is 3.40. The third-order valence-electron chi connectivity index (χ3n) is 3.03. The van der Waals surface area contributed by atoms with E-state index in [0.29, 0.717) is 17.1 Å². The summed E-state index contributed by atoms with van der Waals surface area (Å²) in [5.41, 5.74) is 1.84. The van der Waals surface area contributed by atoms with Gasteiger partial charge in [-0.1, -0.05) is 39.2 Å². The molecular weight excluding hydrogens is 314 g/mol. The summed E-state index contributed by atoms with van der Waals surface area (Å²) >= 11 is 9.36. The minimum atomic E-state index is -0.118. The van der Waals surface area contributed by atoms with Crippen LogP contribution in [0.3, 0.4) is 0 Å². The molecule has 1 aliphatic rings. The average molecular weight is 329 g/mol. The van der Waals surface area contributed by atoms with Gasteiger partial charge in [0.1, 0.15) is 0 Å². The van der Waals surface area contributed by atoms with E-state index >= 15 is 0 Å². The van der Waals surface area contributed by atoms with Crippen LogP contribution in [0.4, 0.5) is 0 Å². The van der Waals surface area contributed by atoms with Crippen LogP contribution >= 0.6 is 27.5 Å². The Morgan fingerprint density at radius 1 is 1.39 bits per heavy atom. The predicted molar refractivity (Wildman–Crippen MR) is 78.0 cm³/mol. The summed E-state index contributed by atoms with van der Waals surface area (Å²) in [6.45, 7) is 0.627. The van der Waals surface area contributed by atoms with Gasteiger partial charge in [-0.3, -0.25) is 4.79 Å². The fraction of sp³-hybridized carbons (Fsp3) is 0.357. The molecule has 1 N–H and O–H groups in total. The van der Waals surface area contributed by atoms with Crippen molar-refractivity contribution < 1.29 is 4.79 Å². The standard InChI is InChI=1S/C14H15BrClNO/c15-11-6-7-13(16)12(8-11)14(18)17-9-10-4-2-1-3-5-10/h4,6-8H,1-3,5,9H2,(H,17,18). The Balaban J connectivity index is 1.99. The van der Waals surface area contributed by atoms with E-state index in [2.05, 4.69) is 27.3 Å². The van der Waals surface area contributed by atoms with Gasteiger partial charge in [0.05, 0.1) is 10.6 Å². The number of nitrogens with one attached hydrogen (secondary N) is 1. The molecule has 1 aromatic rings. The van der Waals surface area contributed by atoms with Crippen molar-refractivity contribution in [2.24, 2.45) is 0 Å². The van der Waals surface area contributed by atoms with Gasteiger partial charge in [0.2, 0.25) is 0 Å². The lowest BCUT2D eigenvalue weighted by Crippen LogP contribution is -2.26. The van der Waals surface area contributed by atoms with Crippen LogP contribution < -0.4 is 5.32 Å². The largest absolute Gasteiger partial charge is 0.348 e. The van der Waals surface area contributed by atoms with Crippen LogP contribution in [-0.4, -0.2) is 12.5 Å². The van der Waals surface area contributed by atoms with E-state index in [-0.39, 0.29) is 5.91 Å². The topological polar surface area (TPSA) is 29.1 Å². The van der Waals surface area contributed by atoms with Gasteiger partial charge < -0.3 is 5.32 Å². The SMILES string of the molecule is O=C(NCC1=CCCCC1)c1cc(Br)ccc1Cl. The zero-order valence-electron chi connectivity index (χ0n) is 10.0. The Morgan fingerprint density at radius 2 is 2.22 bits per heavy atom. The number of halogens is 2.